The number of anilines is 1. The minimum atomic E-state index is -4.49. The molecule has 11 heteroatoms. The number of hydrogen-bond donors (Lipinski definition) is 3. The largest absolute Gasteiger partial charge is 0.405 e. The monoisotopic (exact) mass is 397 g/mol. The van der Waals surface area contributed by atoms with Crippen LogP contribution in [0.2, 0.25) is 0 Å². The number of hydrogen-bond acceptors (Lipinski definition) is 6. The minimum absolute atomic E-state index is 0. The Bertz CT molecular complexity index is 999. The molecule has 0 spiro atoms. The highest BCUT2D eigenvalue weighted by molar-refractivity contribution is 5.91. The zero-order chi connectivity index (χ0) is 20.4. The van der Waals surface area contributed by atoms with Crippen molar-refractivity contribution in [3.8, 4) is 11.4 Å². The average Bonchev–Trinajstić information content (AvgIpc) is 3.09. The average molecular weight is 397 g/mol. The lowest BCUT2D eigenvalue weighted by atomic mass is 9.98. The quantitative estimate of drug-likeness (QED) is 0.590. The van der Waals surface area contributed by atoms with Crippen LogP contribution in [0.25, 0.3) is 22.4 Å². The van der Waals surface area contributed by atoms with E-state index in [0.29, 0.717) is 17.0 Å². The van der Waals surface area contributed by atoms with Crippen molar-refractivity contribution in [1.82, 2.24) is 30.2 Å². The molecule has 0 aromatic carbocycles. The highest BCUT2D eigenvalue weighted by Crippen LogP contribution is 2.25. The number of halogens is 3. The molecule has 0 saturated carbocycles. The summed E-state index contributed by atoms with van der Waals surface area (Å²) in [6.45, 7) is 1.75. The van der Waals surface area contributed by atoms with Gasteiger partial charge in [0.1, 0.15) is 24.1 Å². The van der Waals surface area contributed by atoms with Gasteiger partial charge in [-0.3, -0.25) is 4.79 Å². The number of alkyl halides is 3. The van der Waals surface area contributed by atoms with Gasteiger partial charge in [0, 0.05) is 26.2 Å². The van der Waals surface area contributed by atoms with Crippen LogP contribution in [-0.4, -0.2) is 49.1 Å². The second-order valence-electron chi connectivity index (χ2n) is 6.34. The third kappa shape index (κ3) is 4.18. The Morgan fingerprint density at radius 1 is 1.29 bits per heavy atom. The number of amides is 1. The summed E-state index contributed by atoms with van der Waals surface area (Å²) >= 11 is 0. The third-order valence-electron chi connectivity index (χ3n) is 4.31. The van der Waals surface area contributed by atoms with Crippen LogP contribution in [0.1, 0.15) is 23.1 Å². The van der Waals surface area contributed by atoms with Gasteiger partial charge in [0.2, 0.25) is 11.9 Å². The molecule has 1 atom stereocenters. The maximum Gasteiger partial charge on any atom is 0.405 e. The van der Waals surface area contributed by atoms with Gasteiger partial charge >= 0.3 is 6.18 Å². The Morgan fingerprint density at radius 3 is 2.79 bits per heavy atom. The van der Waals surface area contributed by atoms with Crippen LogP contribution in [0.4, 0.5) is 19.1 Å². The summed E-state index contributed by atoms with van der Waals surface area (Å²) in [6.07, 6.45) is 0.341. The summed E-state index contributed by atoms with van der Waals surface area (Å²) in [5.41, 5.74) is 0.0247. The molecule has 0 aliphatic heterocycles. The molecule has 0 aliphatic carbocycles. The van der Waals surface area contributed by atoms with Gasteiger partial charge in [-0.15, -0.1) is 0 Å². The fourth-order valence-electron chi connectivity index (χ4n) is 2.56. The van der Waals surface area contributed by atoms with Crippen LogP contribution in [0.15, 0.2) is 30.9 Å². The molecule has 28 heavy (non-hydrogen) atoms. The molecular weight excluding hydrogens is 375 g/mol. The van der Waals surface area contributed by atoms with Gasteiger partial charge in [0.15, 0.2) is 5.82 Å². The Balaban J connectivity index is 0.00000225. The van der Waals surface area contributed by atoms with Gasteiger partial charge in [-0.1, -0.05) is 6.92 Å². The first-order valence-electron chi connectivity index (χ1n) is 8.46. The molecule has 0 unspecified atom stereocenters. The lowest BCUT2D eigenvalue weighted by Crippen LogP contribution is -2.52. The van der Waals surface area contributed by atoms with Crippen LogP contribution >= 0.6 is 0 Å². The zero-order valence-electron chi connectivity index (χ0n) is 15.1. The fourth-order valence-corrected chi connectivity index (χ4v) is 2.56. The zero-order valence-corrected chi connectivity index (χ0v) is 15.1. The predicted molar refractivity (Wildman–Crippen MR) is 101 cm³/mol. The van der Waals surface area contributed by atoms with E-state index in [0.717, 1.165) is 5.39 Å². The van der Waals surface area contributed by atoms with E-state index in [4.69, 9.17) is 0 Å². The van der Waals surface area contributed by atoms with E-state index in [2.05, 4.69) is 30.2 Å². The standard InChI is InChI=1S/C17H18F3N7O.2H2/c1-3-16(2,14(28)23-8-17(18,19)20)27-15-25-9-24-13(26-15)11-7-22-12-10(11)5-4-6-21-12;;/h4-7,9H,3,8H2,1-2H3,(H,21,22)(H,23,28)(H,24,25,26,27);2*1H/t16-;;/m1../s1. The number of carbonyl (C=O) groups excluding carboxylic acids is 1. The molecule has 0 aliphatic rings. The summed E-state index contributed by atoms with van der Waals surface area (Å²) in [6, 6.07) is 3.63. The SMILES string of the molecule is CC[C@@](C)(Nc1ncnc(-c2c[nH]c3ncccc23)n1)C(=O)NCC(F)(F)F.[HH].[HH]. The number of rotatable bonds is 6. The first-order valence-corrected chi connectivity index (χ1v) is 8.46. The predicted octanol–water partition coefficient (Wildman–Crippen LogP) is 3.17. The molecule has 0 bridgehead atoms. The molecule has 3 aromatic heterocycles. The lowest BCUT2D eigenvalue weighted by molar-refractivity contribution is -0.140. The van der Waals surface area contributed by atoms with Crippen LogP contribution in [0.3, 0.4) is 0 Å². The third-order valence-corrected chi connectivity index (χ3v) is 4.31. The maximum absolute atomic E-state index is 12.4. The first-order chi connectivity index (χ1) is 13.2. The van der Waals surface area contributed by atoms with Crippen molar-refractivity contribution in [2.45, 2.75) is 32.0 Å². The van der Waals surface area contributed by atoms with Crippen molar-refractivity contribution < 1.29 is 20.8 Å². The number of aromatic amines is 1. The first kappa shape index (κ1) is 19.5. The van der Waals surface area contributed by atoms with Gasteiger partial charge in [0.05, 0.1) is 0 Å². The van der Waals surface area contributed by atoms with E-state index >= 15 is 0 Å². The summed E-state index contributed by atoms with van der Waals surface area (Å²) in [5.74, 6) is -0.383. The highest BCUT2D eigenvalue weighted by Gasteiger charge is 2.35. The Hall–Kier alpha value is -3.24. The van der Waals surface area contributed by atoms with Crippen molar-refractivity contribution in [2.24, 2.45) is 0 Å². The minimum Gasteiger partial charge on any atom is -0.345 e. The summed E-state index contributed by atoms with van der Waals surface area (Å²) in [5, 5.41) is 5.52. The number of pyridine rings is 1. The number of nitrogens with zero attached hydrogens (tertiary/aromatic N) is 4. The van der Waals surface area contributed by atoms with Crippen molar-refractivity contribution in [1.29, 1.82) is 0 Å². The van der Waals surface area contributed by atoms with Gasteiger partial charge in [0.25, 0.3) is 0 Å². The van der Waals surface area contributed by atoms with E-state index in [-0.39, 0.29) is 15.2 Å². The molecule has 3 rings (SSSR count). The number of aromatic nitrogens is 5. The summed E-state index contributed by atoms with van der Waals surface area (Å²) in [7, 11) is 0. The van der Waals surface area contributed by atoms with Crippen LogP contribution < -0.4 is 10.6 Å². The van der Waals surface area contributed by atoms with Crippen molar-refractivity contribution >= 4 is 22.9 Å². The Kier molecular flexibility index (Phi) is 5.16. The number of H-pyrrole nitrogens is 1. The van der Waals surface area contributed by atoms with E-state index in [1.54, 1.807) is 25.4 Å². The summed E-state index contributed by atoms with van der Waals surface area (Å²) in [4.78, 5) is 31.9. The molecule has 3 aromatic rings. The molecule has 8 nitrogen and oxygen atoms in total. The van der Waals surface area contributed by atoms with Crippen molar-refractivity contribution in [2.75, 3.05) is 11.9 Å². The van der Waals surface area contributed by atoms with Gasteiger partial charge in [-0.05, 0) is 25.5 Å². The second kappa shape index (κ2) is 7.41. The molecular formula is C17H22F3N7O. The van der Waals surface area contributed by atoms with E-state index in [9.17, 15) is 18.0 Å². The van der Waals surface area contributed by atoms with Crippen LogP contribution in [-0.2, 0) is 4.79 Å². The molecule has 152 valence electrons. The number of carbonyl (C=O) groups is 1. The molecule has 0 fully saturated rings. The Morgan fingerprint density at radius 2 is 2.07 bits per heavy atom. The van der Waals surface area contributed by atoms with Gasteiger partial charge < -0.3 is 15.6 Å². The summed E-state index contributed by atoms with van der Waals surface area (Å²) < 4.78 is 37.2. The molecule has 0 saturated heterocycles. The van der Waals surface area contributed by atoms with E-state index in [1.165, 1.54) is 13.3 Å². The normalized spacial score (nSPS) is 13.9. The van der Waals surface area contributed by atoms with Crippen molar-refractivity contribution in [3.05, 3.63) is 30.9 Å². The van der Waals surface area contributed by atoms with Crippen LogP contribution in [0.5, 0.6) is 0 Å². The molecule has 1 amide bonds. The fraction of sp³-hybridized carbons (Fsp3) is 0.353. The van der Waals surface area contributed by atoms with E-state index < -0.39 is 24.2 Å². The van der Waals surface area contributed by atoms with Gasteiger partial charge in [-0.25, -0.2) is 15.0 Å². The molecule has 3 N–H and O–H groups in total. The lowest BCUT2D eigenvalue weighted by Gasteiger charge is -2.28. The molecule has 3 heterocycles. The number of fused-ring (bicyclic) bond motifs is 1. The highest BCUT2D eigenvalue weighted by atomic mass is 19.4. The van der Waals surface area contributed by atoms with Gasteiger partial charge in [-0.2, -0.15) is 18.2 Å². The molecule has 0 radical (unpaired) electrons. The second-order valence-corrected chi connectivity index (χ2v) is 6.34. The Labute approximate surface area is 161 Å². The topological polar surface area (TPSA) is 108 Å². The van der Waals surface area contributed by atoms with E-state index in [1.807, 2.05) is 11.4 Å². The van der Waals surface area contributed by atoms with Crippen LogP contribution in [0, 0.1) is 0 Å². The smallest absolute Gasteiger partial charge is 0.345 e. The van der Waals surface area contributed by atoms with Crippen molar-refractivity contribution in [3.63, 3.8) is 0 Å². The maximum atomic E-state index is 12.4. The number of nitrogens with one attached hydrogen (secondary N) is 3.